The van der Waals surface area contributed by atoms with E-state index < -0.39 is 71.6 Å². The normalized spacial score (nSPS) is 16.9. The van der Waals surface area contributed by atoms with Crippen LogP contribution in [0.5, 0.6) is 0 Å². The summed E-state index contributed by atoms with van der Waals surface area (Å²) in [7, 11) is 0. The van der Waals surface area contributed by atoms with Gasteiger partial charge in [0.25, 0.3) is 71.6 Å². The van der Waals surface area contributed by atoms with Crippen LogP contribution in [0.1, 0.15) is 83.1 Å². The van der Waals surface area contributed by atoms with E-state index in [-0.39, 0.29) is 0 Å². The highest BCUT2D eigenvalue weighted by molar-refractivity contribution is 5.65. The van der Waals surface area contributed by atoms with Gasteiger partial charge in [0, 0.05) is 240 Å². The first-order valence-corrected chi connectivity index (χ1v) is 38.5. The molecule has 48 heteroatoms. The van der Waals surface area contributed by atoms with Crippen molar-refractivity contribution in [1.82, 2.24) is 63.8 Å². The standard InChI is InChI=1S/12C4H9NO.12C2H4O2/c12*1-3-6-4-2-5-1;12*1-2(3)4/h12*5H,1-4H2;12*1H3,(H,3,4). The number of morpholine rings is 12. The molecule has 0 saturated carbocycles. The van der Waals surface area contributed by atoms with E-state index in [0.717, 1.165) is 399 Å². The summed E-state index contributed by atoms with van der Waals surface area (Å²) in [5.41, 5.74) is 0. The predicted octanol–water partition coefficient (Wildman–Crippen LogP) is -3.63. The molecule has 0 radical (unpaired) electrons. The van der Waals surface area contributed by atoms with Gasteiger partial charge in [0.1, 0.15) is 0 Å². The SMILES string of the molecule is C1COCCN1.C1COCCN1.C1COCCN1.C1COCCN1.C1COCCN1.C1COCCN1.C1COCCN1.C1COCCN1.C1COCCN1.C1COCCN1.C1COCCN1.C1COCCN1.CC(=O)O.CC(=O)O.CC(=O)O.CC(=O)O.CC(=O)O.CC(=O)O.CC(=O)O.CC(=O)O.CC(=O)O.CC(=O)O.CC(=O)O.CC(=O)O. The summed E-state index contributed by atoms with van der Waals surface area (Å²) in [6, 6.07) is 0. The van der Waals surface area contributed by atoms with Crippen LogP contribution in [-0.2, 0) is 114 Å². The maximum absolute atomic E-state index is 9.00. The number of ether oxygens (including phenoxy) is 12. The van der Waals surface area contributed by atoms with Gasteiger partial charge in [-0.15, -0.1) is 0 Å². The van der Waals surface area contributed by atoms with Crippen molar-refractivity contribution in [2.45, 2.75) is 83.1 Å². The molecule has 12 rings (SSSR count). The summed E-state index contributed by atoms with van der Waals surface area (Å²) in [6.07, 6.45) is 0. The lowest BCUT2D eigenvalue weighted by Crippen LogP contribution is -2.30. The number of rotatable bonds is 0. The van der Waals surface area contributed by atoms with Gasteiger partial charge in [0.2, 0.25) is 0 Å². The van der Waals surface area contributed by atoms with Crippen molar-refractivity contribution < 1.29 is 176 Å². The Hall–Kier alpha value is -7.32. The average molecular weight is 1770 g/mol. The molecule has 0 aliphatic carbocycles. The van der Waals surface area contributed by atoms with E-state index in [0.29, 0.717) is 0 Å². The summed E-state index contributed by atoms with van der Waals surface area (Å²) in [4.78, 5) is 108. The molecule has 0 bridgehead atoms. The molecule has 48 nitrogen and oxygen atoms in total. The lowest BCUT2D eigenvalue weighted by molar-refractivity contribution is -0.135. The second-order valence-corrected chi connectivity index (χ2v) is 22.6. The van der Waals surface area contributed by atoms with E-state index in [2.05, 4.69) is 63.8 Å². The zero-order valence-corrected chi connectivity index (χ0v) is 73.1. The second-order valence-electron chi connectivity index (χ2n) is 22.6. The first kappa shape index (κ1) is 139. The van der Waals surface area contributed by atoms with Gasteiger partial charge in [-0.3, -0.25) is 57.5 Å². The van der Waals surface area contributed by atoms with Gasteiger partial charge in [-0.25, -0.2) is 0 Å². The maximum atomic E-state index is 9.00. The molecule has 0 amide bonds. The van der Waals surface area contributed by atoms with E-state index in [4.69, 9.17) is 176 Å². The number of carboxylic acids is 12. The Morgan fingerprint density at radius 1 is 0.125 bits per heavy atom. The Bertz CT molecular complexity index is 1420. The largest absolute Gasteiger partial charge is 0.481 e. The molecule has 12 fully saturated rings. The van der Waals surface area contributed by atoms with Gasteiger partial charge in [-0.05, 0) is 0 Å². The number of hydrogen-bond donors (Lipinski definition) is 24. The number of hydrogen-bond acceptors (Lipinski definition) is 36. The van der Waals surface area contributed by atoms with Gasteiger partial charge in [0.15, 0.2) is 0 Å². The fourth-order valence-electron chi connectivity index (χ4n) is 6.19. The van der Waals surface area contributed by atoms with Gasteiger partial charge in [-0.2, -0.15) is 0 Å². The van der Waals surface area contributed by atoms with E-state index >= 15 is 0 Å². The quantitative estimate of drug-likeness (QED) is 0.111. The summed E-state index contributed by atoms with van der Waals surface area (Å²) in [6.45, 7) is 59.0. The smallest absolute Gasteiger partial charge is 0.300 e. The molecule has 0 unspecified atom stereocenters. The van der Waals surface area contributed by atoms with Crippen molar-refractivity contribution in [3.63, 3.8) is 0 Å². The molecule has 12 aliphatic heterocycles. The van der Waals surface area contributed by atoms with E-state index in [1.54, 1.807) is 0 Å². The van der Waals surface area contributed by atoms with E-state index in [1.807, 2.05) is 0 Å². The molecule has 0 aromatic heterocycles. The Morgan fingerprint density at radius 3 is 0.167 bits per heavy atom. The zero-order valence-electron chi connectivity index (χ0n) is 73.1. The lowest BCUT2D eigenvalue weighted by atomic mass is 10.5. The third-order valence-corrected chi connectivity index (χ3v) is 10.2. The molecule has 0 atom stereocenters. The van der Waals surface area contributed by atoms with Gasteiger partial charge >= 0.3 is 0 Å². The molecule has 720 valence electrons. The van der Waals surface area contributed by atoms with Crippen molar-refractivity contribution in [2.24, 2.45) is 0 Å². The minimum atomic E-state index is -0.833. The van der Waals surface area contributed by atoms with Crippen molar-refractivity contribution in [2.75, 3.05) is 316 Å². The summed E-state index contributed by atoms with van der Waals surface area (Å²) in [5.74, 6) is -10.0. The van der Waals surface area contributed by atoms with Crippen LogP contribution in [0.3, 0.4) is 0 Å². The summed E-state index contributed by atoms with van der Waals surface area (Å²) >= 11 is 0. The van der Waals surface area contributed by atoms with Gasteiger partial charge < -0.3 is 182 Å². The summed E-state index contributed by atoms with van der Waals surface area (Å²) in [5, 5.41) is 127. The Labute approximate surface area is 707 Å². The zero-order chi connectivity index (χ0) is 93.8. The average Bonchev–Trinajstić information content (AvgIpc) is 1.34. The highest BCUT2D eigenvalue weighted by Crippen LogP contribution is 1.84. The van der Waals surface area contributed by atoms with Crippen molar-refractivity contribution in [1.29, 1.82) is 0 Å². The Morgan fingerprint density at radius 2 is 0.158 bits per heavy atom. The third kappa shape index (κ3) is 318. The second kappa shape index (κ2) is 135. The monoisotopic (exact) mass is 1770 g/mol. The van der Waals surface area contributed by atoms with E-state index in [9.17, 15) is 0 Å². The first-order valence-electron chi connectivity index (χ1n) is 38.5. The van der Waals surface area contributed by atoms with Crippen LogP contribution in [0.2, 0.25) is 0 Å². The predicted molar refractivity (Wildman–Crippen MR) is 444 cm³/mol. The fourth-order valence-corrected chi connectivity index (χ4v) is 6.19. The maximum Gasteiger partial charge on any atom is 0.300 e. The van der Waals surface area contributed by atoms with Crippen molar-refractivity contribution in [3.8, 4) is 0 Å². The molecule has 24 N–H and O–H groups in total. The number of carbonyl (C=O) groups is 12. The minimum Gasteiger partial charge on any atom is -0.481 e. The van der Waals surface area contributed by atoms with Crippen LogP contribution in [0.4, 0.5) is 0 Å². The molecule has 120 heavy (non-hydrogen) atoms. The van der Waals surface area contributed by atoms with Crippen LogP contribution < -0.4 is 63.8 Å². The van der Waals surface area contributed by atoms with Crippen molar-refractivity contribution in [3.05, 3.63) is 0 Å². The number of aliphatic carboxylic acids is 12. The van der Waals surface area contributed by atoms with Crippen LogP contribution in [0.15, 0.2) is 0 Å². The Kier molecular flexibility index (Phi) is 156. The van der Waals surface area contributed by atoms with Gasteiger partial charge in [-0.1, -0.05) is 0 Å². The lowest BCUT2D eigenvalue weighted by Gasteiger charge is -2.10. The van der Waals surface area contributed by atoms with E-state index in [1.165, 1.54) is 0 Å². The first-order chi connectivity index (χ1) is 56.8. The molecule has 0 spiro atoms. The Balaban J connectivity index is -0.000000102. The molecule has 0 aromatic rings. The highest BCUT2D eigenvalue weighted by atomic mass is 16.5. The number of nitrogens with one attached hydrogen (secondary N) is 12. The fraction of sp³-hybridized carbons (Fsp3) is 0.833. The van der Waals surface area contributed by atoms with Gasteiger partial charge in [0.05, 0.1) is 159 Å². The van der Waals surface area contributed by atoms with Crippen LogP contribution in [-0.4, -0.2) is 449 Å². The van der Waals surface area contributed by atoms with Crippen LogP contribution in [0, 0.1) is 0 Å². The molecule has 12 saturated heterocycles. The highest BCUT2D eigenvalue weighted by Gasteiger charge is 2.00. The molecular weight excluding hydrogens is 1610 g/mol. The minimum absolute atomic E-state index is 0.833. The molecule has 12 heterocycles. The van der Waals surface area contributed by atoms with Crippen LogP contribution >= 0.6 is 0 Å². The van der Waals surface area contributed by atoms with Crippen LogP contribution in [0.25, 0.3) is 0 Å². The van der Waals surface area contributed by atoms with Crippen molar-refractivity contribution >= 4 is 71.6 Å². The third-order valence-electron chi connectivity index (χ3n) is 10.2. The topological polar surface area (TPSA) is 703 Å². The summed E-state index contributed by atoms with van der Waals surface area (Å²) < 4.78 is 60.1. The number of carboxylic acid groups (broad SMARTS) is 12. The molecule has 0 aromatic carbocycles. The molecule has 12 aliphatic rings. The molecular formula is C72H156N12O36.